The van der Waals surface area contributed by atoms with Crippen molar-refractivity contribution in [1.82, 2.24) is 5.32 Å². The van der Waals surface area contributed by atoms with E-state index in [1.807, 2.05) is 0 Å². The van der Waals surface area contributed by atoms with Crippen LogP contribution in [0, 0.1) is 5.41 Å². The first-order chi connectivity index (χ1) is 5.93. The normalized spacial score (nSPS) is 29.5. The standard InChI is InChI=1S/C8H12F3NO/c1-13-7(8(9,10)11)2-6(3-7)4-12-5-6/h12H,2-5H2,1H3. The molecule has 0 aromatic heterocycles. The molecule has 1 aliphatic carbocycles. The first-order valence-corrected chi connectivity index (χ1v) is 4.26. The molecule has 2 nitrogen and oxygen atoms in total. The van der Waals surface area contributed by atoms with E-state index in [0.29, 0.717) is 13.1 Å². The van der Waals surface area contributed by atoms with Crippen molar-refractivity contribution in [2.75, 3.05) is 20.2 Å². The maximum Gasteiger partial charge on any atom is 0.417 e. The first-order valence-electron chi connectivity index (χ1n) is 4.26. The molecule has 2 aliphatic rings. The third-order valence-corrected chi connectivity index (χ3v) is 3.23. The lowest BCUT2D eigenvalue weighted by molar-refractivity contribution is -0.330. The average molecular weight is 195 g/mol. The van der Waals surface area contributed by atoms with Crippen LogP contribution < -0.4 is 5.32 Å². The molecule has 0 unspecified atom stereocenters. The molecule has 0 radical (unpaired) electrons. The third-order valence-electron chi connectivity index (χ3n) is 3.23. The number of hydrogen-bond donors (Lipinski definition) is 1. The minimum Gasteiger partial charge on any atom is -0.369 e. The summed E-state index contributed by atoms with van der Waals surface area (Å²) in [4.78, 5) is 0. The minimum absolute atomic E-state index is 0.118. The zero-order chi connectivity index (χ0) is 9.74. The Morgan fingerprint density at radius 1 is 1.23 bits per heavy atom. The van der Waals surface area contributed by atoms with Gasteiger partial charge < -0.3 is 10.1 Å². The van der Waals surface area contributed by atoms with E-state index >= 15 is 0 Å². The maximum absolute atomic E-state index is 12.5. The molecule has 1 saturated carbocycles. The van der Waals surface area contributed by atoms with Crippen molar-refractivity contribution in [3.63, 3.8) is 0 Å². The Labute approximate surface area is 74.4 Å². The zero-order valence-corrected chi connectivity index (χ0v) is 7.37. The van der Waals surface area contributed by atoms with Gasteiger partial charge in [-0.2, -0.15) is 13.2 Å². The van der Waals surface area contributed by atoms with Crippen LogP contribution in [-0.4, -0.2) is 32.0 Å². The van der Waals surface area contributed by atoms with Gasteiger partial charge in [-0.25, -0.2) is 0 Å². The van der Waals surface area contributed by atoms with E-state index < -0.39 is 11.8 Å². The number of nitrogens with one attached hydrogen (secondary N) is 1. The SMILES string of the molecule is COC1(C(F)(F)F)CC2(CNC2)C1. The zero-order valence-electron chi connectivity index (χ0n) is 7.37. The van der Waals surface area contributed by atoms with Crippen LogP contribution >= 0.6 is 0 Å². The molecule has 1 saturated heterocycles. The summed E-state index contributed by atoms with van der Waals surface area (Å²) in [5.74, 6) is 0. The van der Waals surface area contributed by atoms with Crippen molar-refractivity contribution in [3.05, 3.63) is 0 Å². The smallest absolute Gasteiger partial charge is 0.369 e. The molecule has 0 aromatic carbocycles. The number of alkyl halides is 3. The van der Waals surface area contributed by atoms with Gasteiger partial charge in [0.1, 0.15) is 0 Å². The number of rotatable bonds is 1. The topological polar surface area (TPSA) is 21.3 Å². The summed E-state index contributed by atoms with van der Waals surface area (Å²) in [5.41, 5.74) is -1.97. The van der Waals surface area contributed by atoms with Crippen LogP contribution in [0.25, 0.3) is 0 Å². The Bertz CT molecular complexity index is 214. The number of halogens is 3. The average Bonchev–Trinajstić information content (AvgIpc) is 1.79. The second-order valence-electron chi connectivity index (χ2n) is 4.15. The van der Waals surface area contributed by atoms with Crippen LogP contribution in [-0.2, 0) is 4.74 Å². The van der Waals surface area contributed by atoms with E-state index in [9.17, 15) is 13.2 Å². The van der Waals surface area contributed by atoms with Gasteiger partial charge in [0.2, 0.25) is 0 Å². The first kappa shape index (κ1) is 9.27. The summed E-state index contributed by atoms with van der Waals surface area (Å²) in [7, 11) is 1.15. The fourth-order valence-corrected chi connectivity index (χ4v) is 2.35. The van der Waals surface area contributed by atoms with E-state index in [0.717, 1.165) is 7.11 Å². The van der Waals surface area contributed by atoms with Gasteiger partial charge in [0.15, 0.2) is 5.60 Å². The van der Waals surface area contributed by atoms with Gasteiger partial charge in [-0.1, -0.05) is 0 Å². The molecule has 5 heteroatoms. The molecule has 0 bridgehead atoms. The quantitative estimate of drug-likeness (QED) is 0.681. The van der Waals surface area contributed by atoms with Crippen molar-refractivity contribution in [1.29, 1.82) is 0 Å². The van der Waals surface area contributed by atoms with Crippen molar-refractivity contribution in [3.8, 4) is 0 Å². The number of methoxy groups -OCH3 is 1. The van der Waals surface area contributed by atoms with Gasteiger partial charge in [-0.15, -0.1) is 0 Å². The van der Waals surface area contributed by atoms with Gasteiger partial charge in [-0.3, -0.25) is 0 Å². The molecule has 76 valence electrons. The molecule has 1 spiro atoms. The Hall–Kier alpha value is -0.290. The Morgan fingerprint density at radius 3 is 2.00 bits per heavy atom. The second kappa shape index (κ2) is 2.39. The van der Waals surface area contributed by atoms with Gasteiger partial charge in [0, 0.05) is 25.6 Å². The summed E-state index contributed by atoms with van der Waals surface area (Å²) in [6.07, 6.45) is -3.98. The van der Waals surface area contributed by atoms with Crippen LogP contribution in [0.4, 0.5) is 13.2 Å². The van der Waals surface area contributed by atoms with Crippen LogP contribution in [0.3, 0.4) is 0 Å². The summed E-state index contributed by atoms with van der Waals surface area (Å²) in [6, 6.07) is 0. The highest BCUT2D eigenvalue weighted by Crippen LogP contribution is 2.59. The monoisotopic (exact) mass is 195 g/mol. The Morgan fingerprint density at radius 2 is 1.77 bits per heavy atom. The van der Waals surface area contributed by atoms with Gasteiger partial charge in [0.25, 0.3) is 0 Å². The van der Waals surface area contributed by atoms with Crippen molar-refractivity contribution in [2.45, 2.75) is 24.6 Å². The third kappa shape index (κ3) is 1.10. The Kier molecular flexibility index (Phi) is 1.70. The lowest BCUT2D eigenvalue weighted by Crippen LogP contribution is -2.71. The van der Waals surface area contributed by atoms with Crippen molar-refractivity contribution >= 4 is 0 Å². The molecule has 2 rings (SSSR count). The highest BCUT2D eigenvalue weighted by atomic mass is 19.4. The predicted octanol–water partition coefficient (Wildman–Crippen LogP) is 1.32. The molecule has 0 aromatic rings. The highest BCUT2D eigenvalue weighted by Gasteiger charge is 2.69. The summed E-state index contributed by atoms with van der Waals surface area (Å²) in [6.45, 7) is 1.41. The van der Waals surface area contributed by atoms with Crippen molar-refractivity contribution in [2.24, 2.45) is 5.41 Å². The summed E-state index contributed by atoms with van der Waals surface area (Å²) >= 11 is 0. The van der Waals surface area contributed by atoms with Crippen LogP contribution in [0.2, 0.25) is 0 Å². The molecule has 1 heterocycles. The van der Waals surface area contributed by atoms with E-state index in [4.69, 9.17) is 0 Å². The molecular formula is C8H12F3NO. The second-order valence-corrected chi connectivity index (χ2v) is 4.15. The molecule has 13 heavy (non-hydrogen) atoms. The van der Waals surface area contributed by atoms with E-state index in [1.165, 1.54) is 0 Å². The van der Waals surface area contributed by atoms with E-state index in [2.05, 4.69) is 10.1 Å². The summed E-state index contributed by atoms with van der Waals surface area (Å²) < 4.78 is 42.2. The largest absolute Gasteiger partial charge is 0.417 e. The van der Waals surface area contributed by atoms with Crippen LogP contribution in [0.15, 0.2) is 0 Å². The van der Waals surface area contributed by atoms with Gasteiger partial charge in [-0.05, 0) is 12.8 Å². The fourth-order valence-electron chi connectivity index (χ4n) is 2.35. The van der Waals surface area contributed by atoms with E-state index in [1.54, 1.807) is 0 Å². The maximum atomic E-state index is 12.5. The lowest BCUT2D eigenvalue weighted by atomic mass is 9.55. The molecular weight excluding hydrogens is 183 g/mol. The summed E-state index contributed by atoms with van der Waals surface area (Å²) in [5, 5.41) is 2.99. The molecule has 0 amide bonds. The van der Waals surface area contributed by atoms with Crippen LogP contribution in [0.5, 0.6) is 0 Å². The molecule has 0 atom stereocenters. The van der Waals surface area contributed by atoms with E-state index in [-0.39, 0.29) is 18.3 Å². The molecule has 1 N–H and O–H groups in total. The lowest BCUT2D eigenvalue weighted by Gasteiger charge is -2.60. The predicted molar refractivity (Wildman–Crippen MR) is 40.3 cm³/mol. The highest BCUT2D eigenvalue weighted by molar-refractivity contribution is 5.14. The number of hydrogen-bond acceptors (Lipinski definition) is 2. The molecule has 1 aliphatic heterocycles. The fraction of sp³-hybridized carbons (Fsp3) is 1.00. The van der Waals surface area contributed by atoms with Gasteiger partial charge in [0.05, 0.1) is 0 Å². The molecule has 2 fully saturated rings. The van der Waals surface area contributed by atoms with Crippen LogP contribution in [0.1, 0.15) is 12.8 Å². The minimum atomic E-state index is -4.22. The Balaban J connectivity index is 2.06. The number of ether oxygens (including phenoxy) is 1. The van der Waals surface area contributed by atoms with Crippen molar-refractivity contribution < 1.29 is 17.9 Å². The van der Waals surface area contributed by atoms with Gasteiger partial charge >= 0.3 is 6.18 Å².